The van der Waals surface area contributed by atoms with Crippen LogP contribution in [0.2, 0.25) is 5.02 Å². The zero-order chi connectivity index (χ0) is 14.0. The quantitative estimate of drug-likeness (QED) is 0.922. The molecule has 0 aliphatic rings. The molecule has 1 N–H and O–H groups in total. The number of halogens is 1. The minimum absolute atomic E-state index is 0.0210. The minimum atomic E-state index is -0.0210. The third-order valence-electron chi connectivity index (χ3n) is 3.02. The Morgan fingerprint density at radius 2 is 2.21 bits per heavy atom. The highest BCUT2D eigenvalue weighted by Gasteiger charge is 2.26. The van der Waals surface area contributed by atoms with Crippen molar-refractivity contribution in [1.29, 1.82) is 0 Å². The third-order valence-corrected chi connectivity index (χ3v) is 4.14. The van der Waals surface area contributed by atoms with Crippen LogP contribution in [-0.4, -0.2) is 26.4 Å². The lowest BCUT2D eigenvalue weighted by molar-refractivity contribution is 0.485. The van der Waals surface area contributed by atoms with Crippen molar-refractivity contribution >= 4 is 23.1 Å². The molecule has 0 spiro atoms. The molecule has 0 saturated heterocycles. The van der Waals surface area contributed by atoms with Crippen molar-refractivity contribution in [3.8, 4) is 0 Å². The molecule has 7 heteroatoms. The predicted octanol–water partition coefficient (Wildman–Crippen LogP) is 2.84. The number of hydrogen-bond acceptors (Lipinski definition) is 5. The Kier molecular flexibility index (Phi) is 4.54. The van der Waals surface area contributed by atoms with E-state index < -0.39 is 0 Å². The summed E-state index contributed by atoms with van der Waals surface area (Å²) in [4.78, 5) is 1.11. The van der Waals surface area contributed by atoms with Gasteiger partial charge in [-0.1, -0.05) is 23.0 Å². The number of rotatable bonds is 5. The molecule has 0 aromatic carbocycles. The number of nitrogens with one attached hydrogen (secondary N) is 1. The zero-order valence-electron chi connectivity index (χ0n) is 11.5. The molecule has 19 heavy (non-hydrogen) atoms. The van der Waals surface area contributed by atoms with Crippen LogP contribution in [0.3, 0.4) is 0 Å². The first-order chi connectivity index (χ1) is 9.10. The first-order valence-corrected chi connectivity index (χ1v) is 7.46. The van der Waals surface area contributed by atoms with Gasteiger partial charge >= 0.3 is 0 Å². The molecule has 0 aliphatic carbocycles. The van der Waals surface area contributed by atoms with Gasteiger partial charge in [0.05, 0.1) is 33.5 Å². The summed E-state index contributed by atoms with van der Waals surface area (Å²) in [7, 11) is 1.91. The van der Waals surface area contributed by atoms with Gasteiger partial charge in [0, 0.05) is 6.04 Å². The summed E-state index contributed by atoms with van der Waals surface area (Å²) in [6.45, 7) is 6.25. The average Bonchev–Trinajstić information content (AvgIpc) is 2.98. The molecule has 0 fully saturated rings. The van der Waals surface area contributed by atoms with Crippen molar-refractivity contribution in [1.82, 2.24) is 24.7 Å². The molecule has 5 nitrogen and oxygen atoms in total. The highest BCUT2D eigenvalue weighted by Crippen LogP contribution is 2.32. The molecule has 1 atom stereocenters. The highest BCUT2D eigenvalue weighted by molar-refractivity contribution is 7.05. The molecule has 0 amide bonds. The Balaban J connectivity index is 2.51. The second kappa shape index (κ2) is 5.98. The van der Waals surface area contributed by atoms with Crippen LogP contribution in [0.4, 0.5) is 0 Å². The number of nitrogens with zero attached hydrogens (tertiary/aromatic N) is 4. The van der Waals surface area contributed by atoms with Crippen LogP contribution in [0, 0.1) is 0 Å². The van der Waals surface area contributed by atoms with Crippen LogP contribution in [0.15, 0.2) is 6.20 Å². The van der Waals surface area contributed by atoms with E-state index in [0.29, 0.717) is 5.02 Å². The molecule has 2 aromatic rings. The van der Waals surface area contributed by atoms with E-state index in [1.807, 2.05) is 11.7 Å². The molecule has 0 saturated carbocycles. The molecule has 0 radical (unpaired) electrons. The van der Waals surface area contributed by atoms with E-state index >= 15 is 0 Å². The molecule has 2 heterocycles. The maximum atomic E-state index is 6.32. The Hall–Kier alpha value is -0.980. The lowest BCUT2D eigenvalue weighted by Gasteiger charge is -2.19. The second-order valence-electron chi connectivity index (χ2n) is 4.58. The summed E-state index contributed by atoms with van der Waals surface area (Å²) in [5.41, 5.74) is 1.98. The Labute approximate surface area is 122 Å². The predicted molar refractivity (Wildman–Crippen MR) is 77.8 cm³/mol. The average molecular weight is 300 g/mol. The van der Waals surface area contributed by atoms with Crippen molar-refractivity contribution in [2.24, 2.45) is 0 Å². The zero-order valence-corrected chi connectivity index (χ0v) is 13.1. The molecule has 0 bridgehead atoms. The Morgan fingerprint density at radius 3 is 2.79 bits per heavy atom. The minimum Gasteiger partial charge on any atom is -0.307 e. The molecular formula is C12H18ClN5S. The van der Waals surface area contributed by atoms with Crippen molar-refractivity contribution in [3.63, 3.8) is 0 Å². The van der Waals surface area contributed by atoms with Crippen molar-refractivity contribution in [3.05, 3.63) is 27.5 Å². The van der Waals surface area contributed by atoms with E-state index in [0.717, 1.165) is 22.7 Å². The van der Waals surface area contributed by atoms with Gasteiger partial charge in [-0.05, 0) is 38.8 Å². The van der Waals surface area contributed by atoms with Gasteiger partial charge in [0.2, 0.25) is 0 Å². The molecule has 0 aliphatic heterocycles. The van der Waals surface area contributed by atoms with E-state index in [9.17, 15) is 0 Å². The molecule has 1 unspecified atom stereocenters. The van der Waals surface area contributed by atoms with Crippen LogP contribution in [-0.2, 0) is 6.42 Å². The fraction of sp³-hybridized carbons (Fsp3) is 0.583. The van der Waals surface area contributed by atoms with Gasteiger partial charge in [-0.15, -0.1) is 5.10 Å². The first kappa shape index (κ1) is 14.4. The highest BCUT2D eigenvalue weighted by atomic mass is 35.5. The van der Waals surface area contributed by atoms with Crippen LogP contribution in [0.1, 0.15) is 49.1 Å². The number of aromatic nitrogens is 4. The van der Waals surface area contributed by atoms with Gasteiger partial charge in [-0.2, -0.15) is 5.10 Å². The Morgan fingerprint density at radius 1 is 1.47 bits per heavy atom. The summed E-state index contributed by atoms with van der Waals surface area (Å²) in [5.74, 6) is 0. The largest absolute Gasteiger partial charge is 0.307 e. The van der Waals surface area contributed by atoms with Gasteiger partial charge in [0.15, 0.2) is 0 Å². The topological polar surface area (TPSA) is 55.6 Å². The summed E-state index contributed by atoms with van der Waals surface area (Å²) in [6, 6.07) is 0.233. The number of aryl methyl sites for hydroxylation is 1. The molecule has 2 rings (SSSR count). The normalized spacial score (nSPS) is 13.2. The van der Waals surface area contributed by atoms with Gasteiger partial charge in [0.25, 0.3) is 0 Å². The summed E-state index contributed by atoms with van der Waals surface area (Å²) >= 11 is 7.73. The Bertz CT molecular complexity index is 548. The van der Waals surface area contributed by atoms with Gasteiger partial charge in [-0.25, -0.2) is 0 Å². The summed E-state index contributed by atoms with van der Waals surface area (Å²) < 4.78 is 6.00. The second-order valence-corrected chi connectivity index (χ2v) is 5.77. The summed E-state index contributed by atoms with van der Waals surface area (Å²) in [6.07, 6.45) is 2.55. The van der Waals surface area contributed by atoms with Crippen molar-refractivity contribution in [2.45, 2.75) is 39.3 Å². The fourth-order valence-electron chi connectivity index (χ4n) is 2.10. The third kappa shape index (κ3) is 2.66. The summed E-state index contributed by atoms with van der Waals surface area (Å²) in [5, 5.41) is 12.5. The monoisotopic (exact) mass is 299 g/mol. The first-order valence-electron chi connectivity index (χ1n) is 6.31. The lowest BCUT2D eigenvalue weighted by atomic mass is 10.1. The van der Waals surface area contributed by atoms with Gasteiger partial charge in [0.1, 0.15) is 0 Å². The van der Waals surface area contributed by atoms with Crippen molar-refractivity contribution in [2.75, 3.05) is 7.05 Å². The van der Waals surface area contributed by atoms with E-state index in [-0.39, 0.29) is 12.1 Å². The lowest BCUT2D eigenvalue weighted by Crippen LogP contribution is -2.23. The maximum absolute atomic E-state index is 6.32. The standard InChI is InChI=1S/C12H18ClN5S/c1-5-9-12(19-17-16-9)10(14-4)11-8(13)6-15-18(11)7(2)3/h6-7,10,14H,5H2,1-4H3. The smallest absolute Gasteiger partial charge is 0.0890 e. The van der Waals surface area contributed by atoms with E-state index in [4.69, 9.17) is 11.6 Å². The van der Waals surface area contributed by atoms with Crippen LogP contribution >= 0.6 is 23.1 Å². The van der Waals surface area contributed by atoms with Crippen LogP contribution in [0.25, 0.3) is 0 Å². The maximum Gasteiger partial charge on any atom is 0.0890 e. The van der Waals surface area contributed by atoms with E-state index in [1.165, 1.54) is 11.5 Å². The number of hydrogen-bond donors (Lipinski definition) is 1. The molecule has 104 valence electrons. The fourth-order valence-corrected chi connectivity index (χ4v) is 3.20. The van der Waals surface area contributed by atoms with E-state index in [1.54, 1.807) is 6.20 Å². The van der Waals surface area contributed by atoms with Crippen LogP contribution in [0.5, 0.6) is 0 Å². The van der Waals surface area contributed by atoms with Crippen LogP contribution < -0.4 is 5.32 Å². The van der Waals surface area contributed by atoms with E-state index in [2.05, 4.69) is 40.8 Å². The van der Waals surface area contributed by atoms with Gasteiger partial charge < -0.3 is 5.32 Å². The molecule has 2 aromatic heterocycles. The molecular weight excluding hydrogens is 282 g/mol. The van der Waals surface area contributed by atoms with Gasteiger partial charge in [-0.3, -0.25) is 4.68 Å². The SMILES string of the molecule is CCc1nnsc1C(NC)c1c(Cl)cnn1C(C)C. The van der Waals surface area contributed by atoms with Crippen molar-refractivity contribution < 1.29 is 0 Å².